The molecule has 0 saturated heterocycles. The number of hydrogen-bond donors (Lipinski definition) is 3. The normalized spacial score (nSPS) is 11.1. The first-order valence-corrected chi connectivity index (χ1v) is 23.0. The SMILES string of the molecule is CCNc1cc(C(=O)O)cc(-n2c(C)ccc2-c2cc(Br)c(COC(=O)c3cc(N)cc(-n4c(C)ccc4-c4cc(Br)ccc4OCc4ccc(F)cc4F)c3)cc2OCc2ccc(F)cc2F)c1. The van der Waals surface area contributed by atoms with Crippen LogP contribution in [-0.2, 0) is 24.6 Å². The maximum atomic E-state index is 14.9. The van der Waals surface area contributed by atoms with Gasteiger partial charge in [0, 0.05) is 89.6 Å². The predicted octanol–water partition coefficient (Wildman–Crippen LogP) is 13.5. The third-order valence-electron chi connectivity index (χ3n) is 11.2. The summed E-state index contributed by atoms with van der Waals surface area (Å²) in [6.45, 7) is 5.51. The van der Waals surface area contributed by atoms with E-state index in [0.29, 0.717) is 61.9 Å². The van der Waals surface area contributed by atoms with E-state index in [9.17, 15) is 32.3 Å². The van der Waals surface area contributed by atoms with Crippen molar-refractivity contribution in [1.29, 1.82) is 0 Å². The minimum absolute atomic E-state index is 0.0716. The minimum atomic E-state index is -1.10. The number of aromatic carboxylic acids is 1. The highest BCUT2D eigenvalue weighted by Gasteiger charge is 2.22. The number of carboxylic acid groups (broad SMARTS) is 1. The zero-order valence-corrected chi connectivity index (χ0v) is 40.4. The van der Waals surface area contributed by atoms with Crippen molar-refractivity contribution in [3.63, 3.8) is 0 Å². The average molecular weight is 1070 g/mol. The van der Waals surface area contributed by atoms with E-state index in [-0.39, 0.29) is 53.5 Å². The van der Waals surface area contributed by atoms with E-state index < -0.39 is 35.2 Å². The van der Waals surface area contributed by atoms with Gasteiger partial charge < -0.3 is 39.5 Å². The van der Waals surface area contributed by atoms with E-state index in [0.717, 1.165) is 40.1 Å². The van der Waals surface area contributed by atoms with Gasteiger partial charge in [-0.1, -0.05) is 31.9 Å². The number of nitrogen functional groups attached to an aromatic ring is 1. The molecule has 2 aromatic heterocycles. The maximum absolute atomic E-state index is 14.9. The molecule has 2 heterocycles. The largest absolute Gasteiger partial charge is 0.488 e. The topological polar surface area (TPSA) is 130 Å². The van der Waals surface area contributed by atoms with Crippen LogP contribution in [0.15, 0.2) is 136 Å². The molecule has 0 aliphatic rings. The molecule has 8 rings (SSSR count). The van der Waals surface area contributed by atoms with E-state index in [1.165, 1.54) is 18.2 Å². The van der Waals surface area contributed by atoms with Crippen molar-refractivity contribution in [2.75, 3.05) is 17.6 Å². The van der Waals surface area contributed by atoms with Crippen LogP contribution in [-0.4, -0.2) is 32.7 Å². The zero-order chi connectivity index (χ0) is 49.1. The molecule has 352 valence electrons. The van der Waals surface area contributed by atoms with Crippen LogP contribution in [0.5, 0.6) is 11.5 Å². The molecular formula is C53H42Br2F4N4O6. The summed E-state index contributed by atoms with van der Waals surface area (Å²) in [6.07, 6.45) is 0. The lowest BCUT2D eigenvalue weighted by atomic mass is 10.1. The molecule has 69 heavy (non-hydrogen) atoms. The van der Waals surface area contributed by atoms with Crippen molar-refractivity contribution in [3.05, 3.63) is 199 Å². The number of aryl methyl sites for hydroxylation is 2. The monoisotopic (exact) mass is 1060 g/mol. The Labute approximate surface area is 411 Å². The third kappa shape index (κ3) is 10.7. The summed E-state index contributed by atoms with van der Waals surface area (Å²) < 4.78 is 80.3. The Morgan fingerprint density at radius 2 is 1.20 bits per heavy atom. The number of rotatable bonds is 16. The lowest BCUT2D eigenvalue weighted by molar-refractivity contribution is 0.0471. The Balaban J connectivity index is 1.11. The van der Waals surface area contributed by atoms with Crippen LogP contribution in [0, 0.1) is 37.1 Å². The van der Waals surface area contributed by atoms with E-state index in [4.69, 9.17) is 19.9 Å². The number of aromatic nitrogens is 2. The van der Waals surface area contributed by atoms with Gasteiger partial charge in [0.05, 0.1) is 22.5 Å². The van der Waals surface area contributed by atoms with Crippen LogP contribution in [0.2, 0.25) is 0 Å². The third-order valence-corrected chi connectivity index (χ3v) is 12.4. The molecule has 0 atom stereocenters. The number of halogens is 6. The molecule has 10 nitrogen and oxygen atoms in total. The Morgan fingerprint density at radius 1 is 0.623 bits per heavy atom. The van der Waals surface area contributed by atoms with E-state index >= 15 is 0 Å². The zero-order valence-electron chi connectivity index (χ0n) is 37.2. The van der Waals surface area contributed by atoms with Gasteiger partial charge in [-0.3, -0.25) is 0 Å². The number of nitrogens with one attached hydrogen (secondary N) is 1. The molecule has 0 amide bonds. The molecule has 0 aliphatic heterocycles. The highest BCUT2D eigenvalue weighted by atomic mass is 79.9. The number of esters is 1. The molecule has 0 bridgehead atoms. The molecule has 16 heteroatoms. The van der Waals surface area contributed by atoms with Crippen LogP contribution < -0.4 is 20.5 Å². The van der Waals surface area contributed by atoms with Crippen molar-refractivity contribution >= 4 is 55.2 Å². The fourth-order valence-corrected chi connectivity index (χ4v) is 8.72. The summed E-state index contributed by atoms with van der Waals surface area (Å²) in [6, 6.07) is 32.5. The Hall–Kier alpha value is -7.30. The smallest absolute Gasteiger partial charge is 0.338 e. The first kappa shape index (κ1) is 48.2. The molecule has 0 saturated carbocycles. The van der Waals surface area contributed by atoms with Crippen molar-refractivity contribution in [3.8, 4) is 45.4 Å². The second-order valence-electron chi connectivity index (χ2n) is 16.0. The second kappa shape index (κ2) is 20.5. The fraction of sp³-hybridized carbons (Fsp3) is 0.132. The van der Waals surface area contributed by atoms with Gasteiger partial charge in [-0.05, 0) is 136 Å². The number of anilines is 2. The van der Waals surface area contributed by atoms with E-state index in [1.54, 1.807) is 48.5 Å². The van der Waals surface area contributed by atoms with Gasteiger partial charge in [-0.25, -0.2) is 27.2 Å². The number of ether oxygens (including phenoxy) is 3. The lowest BCUT2D eigenvalue weighted by Gasteiger charge is -2.19. The van der Waals surface area contributed by atoms with Gasteiger partial charge in [0.2, 0.25) is 0 Å². The van der Waals surface area contributed by atoms with E-state index in [1.807, 2.05) is 66.3 Å². The van der Waals surface area contributed by atoms with Gasteiger partial charge in [-0.2, -0.15) is 0 Å². The Morgan fingerprint density at radius 3 is 1.80 bits per heavy atom. The van der Waals surface area contributed by atoms with Crippen LogP contribution in [0.25, 0.3) is 33.9 Å². The fourth-order valence-electron chi connectivity index (χ4n) is 7.90. The lowest BCUT2D eigenvalue weighted by Crippen LogP contribution is -2.09. The summed E-state index contributed by atoms with van der Waals surface area (Å²) in [5, 5.41) is 13.2. The Kier molecular flexibility index (Phi) is 14.3. The highest BCUT2D eigenvalue weighted by Crippen LogP contribution is 2.40. The summed E-state index contributed by atoms with van der Waals surface area (Å²) in [5.41, 5.74) is 13.4. The number of hydrogen-bond acceptors (Lipinski definition) is 7. The molecular weight excluding hydrogens is 1020 g/mol. The summed E-state index contributed by atoms with van der Waals surface area (Å²) in [7, 11) is 0. The van der Waals surface area contributed by atoms with Crippen LogP contribution >= 0.6 is 31.9 Å². The van der Waals surface area contributed by atoms with Crippen molar-refractivity contribution in [2.45, 2.75) is 40.6 Å². The summed E-state index contributed by atoms with van der Waals surface area (Å²) in [4.78, 5) is 26.2. The maximum Gasteiger partial charge on any atom is 0.338 e. The second-order valence-corrected chi connectivity index (χ2v) is 17.8. The number of carbonyl (C=O) groups excluding carboxylic acids is 1. The number of carboxylic acids is 1. The minimum Gasteiger partial charge on any atom is -0.488 e. The highest BCUT2D eigenvalue weighted by molar-refractivity contribution is 9.10. The first-order chi connectivity index (χ1) is 33.1. The first-order valence-electron chi connectivity index (χ1n) is 21.4. The summed E-state index contributed by atoms with van der Waals surface area (Å²) in [5.74, 6) is -4.09. The number of benzene rings is 6. The van der Waals surface area contributed by atoms with Crippen LogP contribution in [0.1, 0.15) is 55.7 Å². The summed E-state index contributed by atoms with van der Waals surface area (Å²) >= 11 is 7.21. The molecule has 4 N–H and O–H groups in total. The van der Waals surface area contributed by atoms with Gasteiger partial charge in [0.1, 0.15) is 54.6 Å². The van der Waals surface area contributed by atoms with Crippen molar-refractivity contribution < 1.29 is 46.5 Å². The van der Waals surface area contributed by atoms with Crippen LogP contribution in [0.3, 0.4) is 0 Å². The van der Waals surface area contributed by atoms with Gasteiger partial charge in [-0.15, -0.1) is 0 Å². The van der Waals surface area contributed by atoms with Crippen molar-refractivity contribution in [2.24, 2.45) is 0 Å². The van der Waals surface area contributed by atoms with E-state index in [2.05, 4.69) is 37.2 Å². The standard InChI is InChI=1S/C53H42Br2F4N4O6/c1-4-61-40-16-33(52(64)65)17-42(24-40)63-30(3)6-13-49(63)44-25-45(55)35(19-51(44)68-27-32-8-11-38(57)22-47(32)59)28-69-53(66)34-15-39(60)23-41(18-34)62-29(2)5-12-48(62)43-20-36(54)9-14-50(43)67-26-31-7-10-37(56)21-46(31)58/h5-25,61H,4,26-28,60H2,1-3H3,(H,64,65). The van der Waals surface area contributed by atoms with Crippen LogP contribution in [0.4, 0.5) is 28.9 Å². The predicted molar refractivity (Wildman–Crippen MR) is 263 cm³/mol. The molecule has 6 aromatic carbocycles. The van der Waals surface area contributed by atoms with Gasteiger partial charge >= 0.3 is 11.9 Å². The molecule has 0 unspecified atom stereocenters. The quantitative estimate of drug-likeness (QED) is 0.0496. The molecule has 0 radical (unpaired) electrons. The molecule has 0 aliphatic carbocycles. The molecule has 0 fully saturated rings. The molecule has 0 spiro atoms. The van der Waals surface area contributed by atoms with Gasteiger partial charge in [0.15, 0.2) is 0 Å². The Bertz CT molecular complexity index is 3280. The number of nitrogens with two attached hydrogens (primary N) is 1. The van der Waals surface area contributed by atoms with Gasteiger partial charge in [0.25, 0.3) is 0 Å². The number of carbonyl (C=O) groups is 2. The van der Waals surface area contributed by atoms with Crippen molar-refractivity contribution in [1.82, 2.24) is 9.13 Å². The average Bonchev–Trinajstić information content (AvgIpc) is 3.89. The number of nitrogens with zero attached hydrogens (tertiary/aromatic N) is 2. The molecule has 8 aromatic rings.